The van der Waals surface area contributed by atoms with Gasteiger partial charge in [0.05, 0.1) is 47.0 Å². The fraction of sp³-hybridized carbons (Fsp3) is 0.400. The lowest BCUT2D eigenvalue weighted by atomic mass is 9.96. The highest BCUT2D eigenvalue weighted by molar-refractivity contribution is 6.40. The molecule has 0 unspecified atom stereocenters. The molecule has 0 bridgehead atoms. The van der Waals surface area contributed by atoms with E-state index in [1.54, 1.807) is 29.8 Å². The van der Waals surface area contributed by atoms with Crippen LogP contribution >= 0.6 is 23.4 Å². The van der Waals surface area contributed by atoms with Crippen molar-refractivity contribution in [3.8, 4) is 22.4 Å². The number of piperidine rings is 1. The number of hydrogen-bond acceptors (Lipinski definition) is 7. The highest BCUT2D eigenvalue weighted by Crippen LogP contribution is 2.34. The van der Waals surface area contributed by atoms with Gasteiger partial charge in [0.2, 0.25) is 11.7 Å². The van der Waals surface area contributed by atoms with Crippen LogP contribution in [0.1, 0.15) is 39.5 Å². The zero-order valence-electron chi connectivity index (χ0n) is 28.5. The largest absolute Gasteiger partial charge is 0.383 e. The highest BCUT2D eigenvalue weighted by Gasteiger charge is 2.31. The number of hydrogen-bond donors (Lipinski definition) is 1. The van der Waals surface area contributed by atoms with Crippen molar-refractivity contribution < 1.29 is 27.9 Å². The third kappa shape index (κ3) is 7.36. The molecule has 2 aliphatic heterocycles. The molecule has 0 saturated carbocycles. The second-order valence-corrected chi connectivity index (χ2v) is 13.3. The summed E-state index contributed by atoms with van der Waals surface area (Å²) in [7, 11) is 3.06. The minimum absolute atomic E-state index is 0.0169. The van der Waals surface area contributed by atoms with E-state index in [4.69, 9.17) is 28.1 Å². The topological polar surface area (TPSA) is 118 Å². The van der Waals surface area contributed by atoms with Crippen LogP contribution < -0.4 is 9.74 Å². The number of imidazole rings is 1. The zero-order chi connectivity index (χ0) is 36.4. The molecule has 2 saturated heterocycles. The van der Waals surface area contributed by atoms with Gasteiger partial charge in [0.1, 0.15) is 0 Å². The predicted octanol–water partition coefficient (Wildman–Crippen LogP) is 4.92. The van der Waals surface area contributed by atoms with Crippen molar-refractivity contribution in [2.75, 3.05) is 57.4 Å². The zero-order valence-corrected chi connectivity index (χ0v) is 30.0. The lowest BCUT2D eigenvalue weighted by Gasteiger charge is -2.37. The first kappa shape index (κ1) is 36.4. The van der Waals surface area contributed by atoms with Crippen molar-refractivity contribution in [2.24, 2.45) is 13.0 Å². The number of aromatic nitrogens is 4. The van der Waals surface area contributed by atoms with Crippen LogP contribution in [0.5, 0.6) is 0 Å². The van der Waals surface area contributed by atoms with Crippen molar-refractivity contribution in [3.05, 3.63) is 76.5 Å². The summed E-state index contributed by atoms with van der Waals surface area (Å²) < 4.78 is 39.8. The number of ether oxygens (including phenoxy) is 1. The van der Waals surface area contributed by atoms with Crippen LogP contribution in [-0.2, 0) is 23.1 Å². The van der Waals surface area contributed by atoms with E-state index >= 15 is 8.78 Å². The van der Waals surface area contributed by atoms with Gasteiger partial charge >= 0.3 is 5.91 Å². The number of benzene rings is 2. The van der Waals surface area contributed by atoms with Crippen molar-refractivity contribution in [3.63, 3.8) is 0 Å². The number of carbonyl (C=O) groups is 3. The van der Waals surface area contributed by atoms with Gasteiger partial charge in [-0.05, 0) is 57.1 Å². The molecule has 270 valence electrons. The van der Waals surface area contributed by atoms with Gasteiger partial charge < -0.3 is 24.4 Å². The van der Waals surface area contributed by atoms with Crippen LogP contribution in [0.25, 0.3) is 22.4 Å². The third-order valence-corrected chi connectivity index (χ3v) is 10.1. The number of nitrogens with zero attached hydrogens (tertiary/aromatic N) is 7. The van der Waals surface area contributed by atoms with Crippen molar-refractivity contribution >= 4 is 46.8 Å². The fourth-order valence-corrected chi connectivity index (χ4v) is 6.96. The summed E-state index contributed by atoms with van der Waals surface area (Å²) in [6.07, 6.45) is 4.53. The van der Waals surface area contributed by atoms with E-state index in [0.717, 1.165) is 30.4 Å². The molecule has 51 heavy (non-hydrogen) atoms. The van der Waals surface area contributed by atoms with Gasteiger partial charge in [-0.3, -0.25) is 19.1 Å². The van der Waals surface area contributed by atoms with Crippen LogP contribution in [0, 0.1) is 24.5 Å². The molecule has 4 heterocycles. The van der Waals surface area contributed by atoms with Gasteiger partial charge in [-0.25, -0.2) is 18.2 Å². The maximum Gasteiger partial charge on any atom is 0.308 e. The highest BCUT2D eigenvalue weighted by atomic mass is 35.5. The molecule has 16 heteroatoms. The molecule has 2 aromatic carbocycles. The van der Waals surface area contributed by atoms with Gasteiger partial charge in [0.15, 0.2) is 11.6 Å². The molecule has 0 radical (unpaired) electrons. The smallest absolute Gasteiger partial charge is 0.308 e. The standard InChI is InChI=1S/C35H38Cl2F2N8O4/c1-21-27(20-46(42-21)16-17-51-3)24-6-7-26(31(39)30(24)38)29-19-41-32(43(29)2)35(50)47(37)23-4-5-25(28(36)18-23)34(49)45-14-12-44(13-15-45)33(48)22-8-10-40-11-9-22/h4-7,18-20,22,40H,8-17H2,1-3H3. The van der Waals surface area contributed by atoms with E-state index in [0.29, 0.717) is 50.6 Å². The maximum atomic E-state index is 15.6. The summed E-state index contributed by atoms with van der Waals surface area (Å²) in [5, 5.41) is 7.71. The number of rotatable bonds is 9. The molecular formula is C35H38Cl2F2N8O4. The Hall–Kier alpha value is -4.37. The summed E-state index contributed by atoms with van der Waals surface area (Å²) >= 11 is 13.0. The number of aryl methyl sites for hydroxylation is 1. The second-order valence-electron chi connectivity index (χ2n) is 12.6. The lowest BCUT2D eigenvalue weighted by molar-refractivity contribution is -0.137. The number of piperazine rings is 1. The van der Waals surface area contributed by atoms with Crippen LogP contribution in [-0.4, -0.2) is 99.8 Å². The SMILES string of the molecule is COCCn1cc(-c2ccc(-c3cnc(C(=O)N(Cl)c4ccc(C(=O)N5CCN(C(=O)C6CCNCC6)CC5)c(Cl)c4)n3C)c(F)c2F)c(C)n1. The van der Waals surface area contributed by atoms with Crippen LogP contribution in [0.3, 0.4) is 0 Å². The quantitative estimate of drug-likeness (QED) is 0.242. The molecule has 3 amide bonds. The molecule has 4 aromatic rings. The predicted molar refractivity (Wildman–Crippen MR) is 189 cm³/mol. The van der Waals surface area contributed by atoms with E-state index in [9.17, 15) is 14.4 Å². The number of anilines is 1. The number of methoxy groups -OCH3 is 1. The fourth-order valence-electron chi connectivity index (χ4n) is 6.53. The molecule has 2 fully saturated rings. The molecule has 12 nitrogen and oxygen atoms in total. The number of halogens is 4. The van der Waals surface area contributed by atoms with Crippen molar-refractivity contribution in [1.29, 1.82) is 0 Å². The first-order chi connectivity index (χ1) is 24.5. The van der Waals surface area contributed by atoms with Crippen LogP contribution in [0.15, 0.2) is 42.7 Å². The Balaban J connectivity index is 1.13. The summed E-state index contributed by atoms with van der Waals surface area (Å²) in [6.45, 7) is 5.89. The Morgan fingerprint density at radius 1 is 1.00 bits per heavy atom. The van der Waals surface area contributed by atoms with Gasteiger partial charge in [0, 0.05) is 80.9 Å². The third-order valence-electron chi connectivity index (χ3n) is 9.45. The molecular weight excluding hydrogens is 705 g/mol. The summed E-state index contributed by atoms with van der Waals surface area (Å²) in [5.74, 6) is -3.21. The van der Waals surface area contributed by atoms with Gasteiger partial charge in [-0.1, -0.05) is 17.7 Å². The normalized spacial score (nSPS) is 15.4. The lowest BCUT2D eigenvalue weighted by Crippen LogP contribution is -2.52. The Labute approximate surface area is 304 Å². The second kappa shape index (κ2) is 15.5. The minimum Gasteiger partial charge on any atom is -0.383 e. The molecule has 0 spiro atoms. The molecule has 0 atom stereocenters. The molecule has 0 aliphatic carbocycles. The summed E-state index contributed by atoms with van der Waals surface area (Å²) in [5.41, 5.74) is 1.48. The Kier molecular flexibility index (Phi) is 11.1. The van der Waals surface area contributed by atoms with Crippen LogP contribution in [0.2, 0.25) is 5.02 Å². The van der Waals surface area contributed by atoms with E-state index < -0.39 is 17.5 Å². The van der Waals surface area contributed by atoms with Gasteiger partial charge in [0.25, 0.3) is 5.91 Å². The van der Waals surface area contributed by atoms with Crippen LogP contribution in [0.4, 0.5) is 14.5 Å². The van der Waals surface area contributed by atoms with Gasteiger partial charge in [-0.15, -0.1) is 0 Å². The van der Waals surface area contributed by atoms with E-state index in [1.165, 1.54) is 48.1 Å². The Morgan fingerprint density at radius 2 is 1.67 bits per heavy atom. The molecule has 2 aliphatic rings. The molecule has 2 aromatic heterocycles. The first-order valence-corrected chi connectivity index (χ1v) is 17.3. The summed E-state index contributed by atoms with van der Waals surface area (Å²) in [6, 6.07) is 7.25. The first-order valence-electron chi connectivity index (χ1n) is 16.6. The van der Waals surface area contributed by atoms with E-state index in [1.807, 2.05) is 4.90 Å². The average Bonchev–Trinajstić information content (AvgIpc) is 3.72. The monoisotopic (exact) mass is 742 g/mol. The minimum atomic E-state index is -1.11. The molecule has 6 rings (SSSR count). The van der Waals surface area contributed by atoms with Crippen molar-refractivity contribution in [1.82, 2.24) is 34.4 Å². The molecule has 1 N–H and O–H groups in total. The van der Waals surface area contributed by atoms with E-state index in [2.05, 4.69) is 15.4 Å². The van der Waals surface area contributed by atoms with E-state index in [-0.39, 0.29) is 56.7 Å². The van der Waals surface area contributed by atoms with Gasteiger partial charge in [-0.2, -0.15) is 5.10 Å². The summed E-state index contributed by atoms with van der Waals surface area (Å²) in [4.78, 5) is 47.4. The average molecular weight is 744 g/mol. The number of carbonyl (C=O) groups excluding carboxylic acids is 3. The Bertz CT molecular complexity index is 1950. The number of nitrogens with one attached hydrogen (secondary N) is 1. The maximum absolute atomic E-state index is 15.6. The number of amides is 3. The Morgan fingerprint density at radius 3 is 2.35 bits per heavy atom. The van der Waals surface area contributed by atoms with Crippen molar-refractivity contribution in [2.45, 2.75) is 26.3 Å².